The van der Waals surface area contributed by atoms with E-state index in [0.717, 1.165) is 0 Å². The van der Waals surface area contributed by atoms with Crippen LogP contribution in [0.3, 0.4) is 0 Å². The SMILES string of the molecule is CCC(C)(O)CC(C(=O)O)C(C)(C)C. The first-order chi connectivity index (χ1) is 6.10. The predicted molar refractivity (Wildman–Crippen MR) is 56.1 cm³/mol. The van der Waals surface area contributed by atoms with Gasteiger partial charge in [-0.05, 0) is 25.2 Å². The maximum Gasteiger partial charge on any atom is 0.307 e. The Bertz CT molecular complexity index is 201. The molecule has 0 bridgehead atoms. The van der Waals surface area contributed by atoms with Gasteiger partial charge >= 0.3 is 5.97 Å². The quantitative estimate of drug-likeness (QED) is 0.735. The van der Waals surface area contributed by atoms with Crippen LogP contribution in [0.15, 0.2) is 0 Å². The Balaban J connectivity index is 4.64. The number of carboxylic acids is 1. The molecule has 2 N–H and O–H groups in total. The van der Waals surface area contributed by atoms with E-state index in [1.165, 1.54) is 0 Å². The molecule has 0 spiro atoms. The zero-order valence-electron chi connectivity index (χ0n) is 9.79. The number of aliphatic carboxylic acids is 1. The van der Waals surface area contributed by atoms with Gasteiger partial charge in [0.05, 0.1) is 11.5 Å². The normalized spacial score (nSPS) is 18.7. The van der Waals surface area contributed by atoms with Crippen molar-refractivity contribution in [3.63, 3.8) is 0 Å². The van der Waals surface area contributed by atoms with Gasteiger partial charge in [-0.1, -0.05) is 27.7 Å². The Morgan fingerprint density at radius 2 is 1.71 bits per heavy atom. The van der Waals surface area contributed by atoms with Gasteiger partial charge in [-0.2, -0.15) is 0 Å². The lowest BCUT2D eigenvalue weighted by atomic mass is 9.74. The summed E-state index contributed by atoms with van der Waals surface area (Å²) in [7, 11) is 0. The van der Waals surface area contributed by atoms with Crippen molar-refractivity contribution >= 4 is 5.97 Å². The van der Waals surface area contributed by atoms with E-state index >= 15 is 0 Å². The summed E-state index contributed by atoms with van der Waals surface area (Å²) in [6, 6.07) is 0. The fourth-order valence-electron chi connectivity index (χ4n) is 1.35. The molecule has 0 aliphatic rings. The highest BCUT2D eigenvalue weighted by atomic mass is 16.4. The average Bonchev–Trinajstić information content (AvgIpc) is 1.98. The Morgan fingerprint density at radius 1 is 1.29 bits per heavy atom. The molecule has 0 rings (SSSR count). The van der Waals surface area contributed by atoms with E-state index in [0.29, 0.717) is 12.8 Å². The van der Waals surface area contributed by atoms with Crippen LogP contribution in [0.1, 0.15) is 47.5 Å². The molecule has 3 nitrogen and oxygen atoms in total. The van der Waals surface area contributed by atoms with Crippen LogP contribution in [-0.2, 0) is 4.79 Å². The zero-order valence-corrected chi connectivity index (χ0v) is 9.79. The first-order valence-electron chi connectivity index (χ1n) is 5.05. The highest BCUT2D eigenvalue weighted by molar-refractivity contribution is 5.71. The number of hydrogen-bond donors (Lipinski definition) is 2. The number of rotatable bonds is 4. The fourth-order valence-corrected chi connectivity index (χ4v) is 1.35. The van der Waals surface area contributed by atoms with Crippen molar-refractivity contribution in [3.05, 3.63) is 0 Å². The van der Waals surface area contributed by atoms with Crippen molar-refractivity contribution in [1.29, 1.82) is 0 Å². The summed E-state index contributed by atoms with van der Waals surface area (Å²) >= 11 is 0. The lowest BCUT2D eigenvalue weighted by molar-refractivity contribution is -0.148. The Morgan fingerprint density at radius 3 is 1.93 bits per heavy atom. The second-order valence-corrected chi connectivity index (χ2v) is 5.31. The fraction of sp³-hybridized carbons (Fsp3) is 0.909. The summed E-state index contributed by atoms with van der Waals surface area (Å²) in [6.45, 7) is 9.21. The summed E-state index contributed by atoms with van der Waals surface area (Å²) in [5, 5.41) is 18.9. The van der Waals surface area contributed by atoms with Crippen LogP contribution in [0.5, 0.6) is 0 Å². The van der Waals surface area contributed by atoms with Crippen LogP contribution in [0, 0.1) is 11.3 Å². The third kappa shape index (κ3) is 4.09. The number of hydrogen-bond acceptors (Lipinski definition) is 2. The largest absolute Gasteiger partial charge is 0.481 e. The molecule has 0 amide bonds. The van der Waals surface area contributed by atoms with E-state index in [1.54, 1.807) is 6.92 Å². The van der Waals surface area contributed by atoms with E-state index in [-0.39, 0.29) is 5.41 Å². The molecule has 2 atom stereocenters. The molecule has 0 heterocycles. The van der Waals surface area contributed by atoms with Gasteiger partial charge in [0, 0.05) is 0 Å². The Kier molecular flexibility index (Phi) is 4.13. The van der Waals surface area contributed by atoms with Crippen LogP contribution in [-0.4, -0.2) is 21.8 Å². The molecule has 0 fully saturated rings. The molecule has 0 aromatic heterocycles. The van der Waals surface area contributed by atoms with Crippen LogP contribution >= 0.6 is 0 Å². The molecular formula is C11H22O3. The van der Waals surface area contributed by atoms with Gasteiger partial charge in [-0.25, -0.2) is 0 Å². The molecule has 2 unspecified atom stereocenters. The van der Waals surface area contributed by atoms with E-state index < -0.39 is 17.5 Å². The molecule has 0 aliphatic carbocycles. The topological polar surface area (TPSA) is 57.5 Å². The first-order valence-corrected chi connectivity index (χ1v) is 5.05. The minimum Gasteiger partial charge on any atom is -0.481 e. The van der Waals surface area contributed by atoms with Gasteiger partial charge < -0.3 is 10.2 Å². The average molecular weight is 202 g/mol. The van der Waals surface area contributed by atoms with Crippen molar-refractivity contribution in [1.82, 2.24) is 0 Å². The Labute approximate surface area is 86.1 Å². The third-order valence-electron chi connectivity index (χ3n) is 2.75. The smallest absolute Gasteiger partial charge is 0.307 e. The lowest BCUT2D eigenvalue weighted by Gasteiger charge is -2.33. The number of carbonyl (C=O) groups is 1. The lowest BCUT2D eigenvalue weighted by Crippen LogP contribution is -2.36. The van der Waals surface area contributed by atoms with Crippen LogP contribution < -0.4 is 0 Å². The molecule has 0 aromatic rings. The molecule has 0 saturated carbocycles. The van der Waals surface area contributed by atoms with Crippen molar-refractivity contribution in [2.45, 2.75) is 53.1 Å². The predicted octanol–water partition coefficient (Wildman–Crippen LogP) is 2.28. The highest BCUT2D eigenvalue weighted by Gasteiger charge is 2.36. The Hall–Kier alpha value is -0.570. The third-order valence-corrected chi connectivity index (χ3v) is 2.75. The maximum atomic E-state index is 11.0. The van der Waals surface area contributed by atoms with E-state index in [4.69, 9.17) is 5.11 Å². The monoisotopic (exact) mass is 202 g/mol. The molecule has 0 aliphatic heterocycles. The van der Waals surface area contributed by atoms with Crippen molar-refractivity contribution < 1.29 is 15.0 Å². The van der Waals surface area contributed by atoms with Crippen LogP contribution in [0.25, 0.3) is 0 Å². The standard InChI is InChI=1S/C11H22O3/c1-6-11(5,14)7-8(9(12)13)10(2,3)4/h8,14H,6-7H2,1-5H3,(H,12,13). The van der Waals surface area contributed by atoms with Gasteiger partial charge in [0.2, 0.25) is 0 Å². The molecule has 0 aromatic carbocycles. The van der Waals surface area contributed by atoms with Crippen LogP contribution in [0.2, 0.25) is 0 Å². The van der Waals surface area contributed by atoms with Crippen molar-refractivity contribution in [2.75, 3.05) is 0 Å². The number of aliphatic hydroxyl groups is 1. The minimum absolute atomic E-state index is 0.308. The summed E-state index contributed by atoms with van der Waals surface area (Å²) in [5.74, 6) is -1.33. The van der Waals surface area contributed by atoms with E-state index in [2.05, 4.69) is 0 Å². The van der Waals surface area contributed by atoms with Gasteiger partial charge in [-0.3, -0.25) is 4.79 Å². The van der Waals surface area contributed by atoms with Gasteiger partial charge in [-0.15, -0.1) is 0 Å². The van der Waals surface area contributed by atoms with Crippen molar-refractivity contribution in [2.24, 2.45) is 11.3 Å². The first kappa shape index (κ1) is 13.4. The highest BCUT2D eigenvalue weighted by Crippen LogP contribution is 2.33. The summed E-state index contributed by atoms with van der Waals surface area (Å²) < 4.78 is 0. The second-order valence-electron chi connectivity index (χ2n) is 5.31. The molecule has 0 saturated heterocycles. The van der Waals surface area contributed by atoms with E-state index in [1.807, 2.05) is 27.7 Å². The molecular weight excluding hydrogens is 180 g/mol. The van der Waals surface area contributed by atoms with Crippen molar-refractivity contribution in [3.8, 4) is 0 Å². The summed E-state index contributed by atoms with van der Waals surface area (Å²) in [5.41, 5.74) is -1.19. The molecule has 14 heavy (non-hydrogen) atoms. The molecule has 0 radical (unpaired) electrons. The summed E-state index contributed by atoms with van der Waals surface area (Å²) in [4.78, 5) is 11.0. The van der Waals surface area contributed by atoms with Gasteiger partial charge in [0.25, 0.3) is 0 Å². The van der Waals surface area contributed by atoms with E-state index in [9.17, 15) is 9.90 Å². The zero-order chi connectivity index (χ0) is 11.6. The van der Waals surface area contributed by atoms with Crippen LogP contribution in [0.4, 0.5) is 0 Å². The van der Waals surface area contributed by atoms with Gasteiger partial charge in [0.15, 0.2) is 0 Å². The minimum atomic E-state index is -0.879. The molecule has 84 valence electrons. The second kappa shape index (κ2) is 4.30. The molecule has 3 heteroatoms. The van der Waals surface area contributed by atoms with Gasteiger partial charge in [0.1, 0.15) is 0 Å². The number of carboxylic acid groups (broad SMARTS) is 1. The maximum absolute atomic E-state index is 11.0. The summed E-state index contributed by atoms with van der Waals surface area (Å²) in [6.07, 6.45) is 0.884.